The molecule has 2 heteroatoms. The average Bonchev–Trinajstić information content (AvgIpc) is 2.86. The van der Waals surface area contributed by atoms with Crippen molar-refractivity contribution in [1.82, 2.24) is 10.6 Å². The number of rotatable bonds is 8. The van der Waals surface area contributed by atoms with E-state index >= 15 is 0 Å². The summed E-state index contributed by atoms with van der Waals surface area (Å²) in [5.41, 5.74) is 3.92. The molecule has 5 aromatic rings. The van der Waals surface area contributed by atoms with E-state index in [1.165, 1.54) is 38.2 Å². The summed E-state index contributed by atoms with van der Waals surface area (Å²) < 4.78 is 0. The van der Waals surface area contributed by atoms with Crippen LogP contribution in [0, 0.1) is 0 Å². The summed E-state index contributed by atoms with van der Waals surface area (Å²) in [5, 5.41) is 12.6. The van der Waals surface area contributed by atoms with Gasteiger partial charge in [-0.15, -0.1) is 0 Å². The molecule has 0 unspecified atom stereocenters. The van der Waals surface area contributed by atoms with Crippen LogP contribution in [0.25, 0.3) is 21.5 Å². The Morgan fingerprint density at radius 3 is 1.66 bits per heavy atom. The normalized spacial score (nSPS) is 12.2. The van der Waals surface area contributed by atoms with E-state index in [1.54, 1.807) is 0 Å². The van der Waals surface area contributed by atoms with E-state index in [0.29, 0.717) is 0 Å². The first-order valence-electron chi connectivity index (χ1n) is 11.3. The van der Waals surface area contributed by atoms with Gasteiger partial charge in [0.2, 0.25) is 0 Å². The van der Waals surface area contributed by atoms with Gasteiger partial charge in [0.1, 0.15) is 0 Å². The molecule has 0 aromatic heterocycles. The lowest BCUT2D eigenvalue weighted by molar-refractivity contribution is 0.488. The number of hydrogen-bond acceptors (Lipinski definition) is 2. The fourth-order valence-corrected chi connectivity index (χ4v) is 4.29. The van der Waals surface area contributed by atoms with Gasteiger partial charge in [-0.25, -0.2) is 0 Å². The van der Waals surface area contributed by atoms with Crippen molar-refractivity contribution in [3.63, 3.8) is 0 Å². The van der Waals surface area contributed by atoms with Crippen LogP contribution in [0.15, 0.2) is 115 Å². The summed E-state index contributed by atoms with van der Waals surface area (Å²) in [6.45, 7) is 2.55. The highest BCUT2D eigenvalue weighted by Gasteiger charge is 2.11. The Morgan fingerprint density at radius 2 is 1.03 bits per heavy atom. The Labute approximate surface area is 189 Å². The first-order chi connectivity index (χ1) is 15.8. The van der Waals surface area contributed by atoms with Crippen molar-refractivity contribution in [2.75, 3.05) is 6.54 Å². The lowest BCUT2D eigenvalue weighted by Crippen LogP contribution is -2.31. The Balaban J connectivity index is 1.26. The molecule has 32 heavy (non-hydrogen) atoms. The molecule has 0 radical (unpaired) electrons. The summed E-state index contributed by atoms with van der Waals surface area (Å²) in [5.74, 6) is 0. The molecular weight excluding hydrogens is 388 g/mol. The van der Waals surface area contributed by atoms with Gasteiger partial charge < -0.3 is 10.6 Å². The Morgan fingerprint density at radius 1 is 0.500 bits per heavy atom. The third-order valence-electron chi connectivity index (χ3n) is 6.06. The van der Waals surface area contributed by atoms with Crippen LogP contribution in [0.5, 0.6) is 0 Å². The summed E-state index contributed by atoms with van der Waals surface area (Å²) in [7, 11) is 0. The van der Waals surface area contributed by atoms with Crippen LogP contribution < -0.4 is 10.6 Å². The van der Waals surface area contributed by atoms with E-state index in [1.807, 2.05) is 0 Å². The molecule has 0 aliphatic rings. The van der Waals surface area contributed by atoms with Crippen molar-refractivity contribution in [1.29, 1.82) is 0 Å². The van der Waals surface area contributed by atoms with Crippen LogP contribution in [0.3, 0.4) is 0 Å². The third-order valence-corrected chi connectivity index (χ3v) is 6.06. The zero-order valence-corrected chi connectivity index (χ0v) is 18.2. The quantitative estimate of drug-likeness (QED) is 0.297. The maximum Gasteiger partial charge on any atom is 0.0449 e. The lowest BCUT2D eigenvalue weighted by Gasteiger charge is -2.20. The second-order valence-electron chi connectivity index (χ2n) is 8.34. The maximum absolute atomic E-state index is 3.77. The first kappa shape index (κ1) is 20.4. The molecule has 0 spiro atoms. The van der Waals surface area contributed by atoms with E-state index in [2.05, 4.69) is 126 Å². The second kappa shape index (κ2) is 9.78. The molecule has 1 atom stereocenters. The molecule has 0 fully saturated rings. The molecule has 0 amide bonds. The van der Waals surface area contributed by atoms with E-state index in [0.717, 1.165) is 19.6 Å². The van der Waals surface area contributed by atoms with Crippen molar-refractivity contribution in [3.8, 4) is 0 Å². The molecule has 5 aromatic carbocycles. The van der Waals surface area contributed by atoms with Crippen molar-refractivity contribution in [2.45, 2.75) is 19.1 Å². The molecule has 5 rings (SSSR count). The fraction of sp³-hybridized carbons (Fsp3) is 0.133. The molecular formula is C30H28N2. The first-order valence-corrected chi connectivity index (χ1v) is 11.3. The average molecular weight is 417 g/mol. The van der Waals surface area contributed by atoms with Crippen molar-refractivity contribution in [2.24, 2.45) is 0 Å². The fourth-order valence-electron chi connectivity index (χ4n) is 4.29. The highest BCUT2D eigenvalue weighted by molar-refractivity contribution is 5.83. The van der Waals surface area contributed by atoms with Gasteiger partial charge in [0.15, 0.2) is 0 Å². The molecule has 0 bridgehead atoms. The van der Waals surface area contributed by atoms with E-state index in [4.69, 9.17) is 0 Å². The Kier molecular flexibility index (Phi) is 6.25. The molecule has 0 heterocycles. The Bertz CT molecular complexity index is 1310. The zero-order chi connectivity index (χ0) is 21.6. The van der Waals surface area contributed by atoms with Crippen LogP contribution in [0.4, 0.5) is 0 Å². The number of benzene rings is 5. The van der Waals surface area contributed by atoms with Crippen LogP contribution in [-0.4, -0.2) is 6.54 Å². The SMILES string of the molecule is c1ccc([C@@H](CNCc2ccc3ccccc3c2)NCc2ccc3ccccc3c2)cc1. The van der Waals surface area contributed by atoms with Gasteiger partial charge in [-0.1, -0.05) is 103 Å². The van der Waals surface area contributed by atoms with Gasteiger partial charge in [-0.2, -0.15) is 0 Å². The topological polar surface area (TPSA) is 24.1 Å². The van der Waals surface area contributed by atoms with Crippen molar-refractivity contribution < 1.29 is 0 Å². The van der Waals surface area contributed by atoms with Crippen molar-refractivity contribution in [3.05, 3.63) is 132 Å². The monoisotopic (exact) mass is 416 g/mol. The molecule has 0 aliphatic carbocycles. The van der Waals surface area contributed by atoms with Gasteiger partial charge in [0.25, 0.3) is 0 Å². The molecule has 2 N–H and O–H groups in total. The van der Waals surface area contributed by atoms with Gasteiger partial charge >= 0.3 is 0 Å². The van der Waals surface area contributed by atoms with E-state index in [-0.39, 0.29) is 6.04 Å². The van der Waals surface area contributed by atoms with E-state index < -0.39 is 0 Å². The predicted octanol–water partition coefficient (Wildman–Crippen LogP) is 6.61. The van der Waals surface area contributed by atoms with Gasteiger partial charge in [-0.3, -0.25) is 0 Å². The summed E-state index contributed by atoms with van der Waals surface area (Å²) in [4.78, 5) is 0. The molecule has 158 valence electrons. The van der Waals surface area contributed by atoms with Crippen LogP contribution >= 0.6 is 0 Å². The number of fused-ring (bicyclic) bond motifs is 2. The highest BCUT2D eigenvalue weighted by atomic mass is 15.0. The number of hydrogen-bond donors (Lipinski definition) is 2. The lowest BCUT2D eigenvalue weighted by atomic mass is 10.0. The van der Waals surface area contributed by atoms with Gasteiger partial charge in [0.05, 0.1) is 0 Å². The minimum Gasteiger partial charge on any atom is -0.311 e. The summed E-state index contributed by atoms with van der Waals surface area (Å²) in [6.07, 6.45) is 0. The predicted molar refractivity (Wildman–Crippen MR) is 136 cm³/mol. The number of nitrogens with one attached hydrogen (secondary N) is 2. The largest absolute Gasteiger partial charge is 0.311 e. The zero-order valence-electron chi connectivity index (χ0n) is 18.2. The van der Waals surface area contributed by atoms with E-state index in [9.17, 15) is 0 Å². The molecule has 2 nitrogen and oxygen atoms in total. The smallest absolute Gasteiger partial charge is 0.0449 e. The van der Waals surface area contributed by atoms with Crippen LogP contribution in [0.2, 0.25) is 0 Å². The molecule has 0 saturated heterocycles. The minimum absolute atomic E-state index is 0.239. The van der Waals surface area contributed by atoms with Crippen LogP contribution in [0.1, 0.15) is 22.7 Å². The minimum atomic E-state index is 0.239. The molecule has 0 aliphatic heterocycles. The molecule has 0 saturated carbocycles. The van der Waals surface area contributed by atoms with Crippen molar-refractivity contribution >= 4 is 21.5 Å². The Hall–Kier alpha value is -3.46. The summed E-state index contributed by atoms with van der Waals surface area (Å²) in [6, 6.07) is 41.4. The second-order valence-corrected chi connectivity index (χ2v) is 8.34. The standard InChI is InChI=1S/C30H28N2/c1-2-10-27(11-3-1)30(32-21-24-15-17-26-9-5-7-13-29(26)19-24)22-31-20-23-14-16-25-8-4-6-12-28(25)18-23/h1-19,30-32H,20-22H2/t30-/m1/s1. The summed E-state index contributed by atoms with van der Waals surface area (Å²) >= 11 is 0. The van der Waals surface area contributed by atoms with Crippen LogP contribution in [-0.2, 0) is 13.1 Å². The van der Waals surface area contributed by atoms with Gasteiger partial charge in [-0.05, 0) is 50.4 Å². The van der Waals surface area contributed by atoms with Gasteiger partial charge in [0, 0.05) is 25.7 Å². The third kappa shape index (κ3) is 4.88. The maximum atomic E-state index is 3.77. The highest BCUT2D eigenvalue weighted by Crippen LogP contribution is 2.18.